The van der Waals surface area contributed by atoms with Gasteiger partial charge < -0.3 is 9.80 Å². The summed E-state index contributed by atoms with van der Waals surface area (Å²) in [6.07, 6.45) is 3.77. The Balaban J connectivity index is 1.23. The first kappa shape index (κ1) is 24.1. The van der Waals surface area contributed by atoms with E-state index in [2.05, 4.69) is 20.0 Å². The summed E-state index contributed by atoms with van der Waals surface area (Å²) in [4.78, 5) is 30.2. The van der Waals surface area contributed by atoms with E-state index in [1.165, 1.54) is 10.0 Å². The molecule has 3 heterocycles. The van der Waals surface area contributed by atoms with E-state index in [1.54, 1.807) is 48.5 Å². The van der Waals surface area contributed by atoms with Gasteiger partial charge >= 0.3 is 0 Å². The number of amides is 2. The highest BCUT2D eigenvalue weighted by Gasteiger charge is 2.31. The van der Waals surface area contributed by atoms with Crippen LogP contribution in [-0.2, 0) is 9.59 Å². The second-order valence-corrected chi connectivity index (χ2v) is 9.59. The molecule has 0 N–H and O–H groups in total. The van der Waals surface area contributed by atoms with Gasteiger partial charge in [0.1, 0.15) is 0 Å². The Morgan fingerprint density at radius 2 is 0.972 bits per heavy atom. The molecule has 2 amide bonds. The second kappa shape index (κ2) is 9.79. The first-order valence-electron chi connectivity index (χ1n) is 11.5. The van der Waals surface area contributed by atoms with Crippen molar-refractivity contribution in [3.8, 4) is 0 Å². The Kier molecular flexibility index (Phi) is 6.55. The largest absolute Gasteiger partial charge is 0.373 e. The van der Waals surface area contributed by atoms with E-state index in [1.807, 2.05) is 26.2 Å². The lowest BCUT2D eigenvalue weighted by Crippen LogP contribution is -2.42. The Bertz CT molecular complexity index is 1220. The van der Waals surface area contributed by atoms with Gasteiger partial charge in [-0.15, -0.1) is 0 Å². The first-order chi connectivity index (χ1) is 17.3. The molecule has 2 aromatic rings. The van der Waals surface area contributed by atoms with Crippen LogP contribution in [0.2, 0.25) is 10.0 Å². The summed E-state index contributed by atoms with van der Waals surface area (Å²) >= 11 is 11.9. The highest BCUT2D eigenvalue weighted by atomic mass is 35.5. The van der Waals surface area contributed by atoms with Crippen molar-refractivity contribution in [2.75, 3.05) is 36.2 Å². The molecule has 3 aliphatic heterocycles. The third-order valence-electron chi connectivity index (χ3n) is 6.24. The molecule has 0 spiro atoms. The van der Waals surface area contributed by atoms with Gasteiger partial charge in [-0.2, -0.15) is 20.2 Å². The predicted molar refractivity (Wildman–Crippen MR) is 143 cm³/mol. The van der Waals surface area contributed by atoms with E-state index in [0.29, 0.717) is 70.2 Å². The first-order valence-corrected chi connectivity index (χ1v) is 12.3. The number of anilines is 2. The maximum Gasteiger partial charge on any atom is 0.282 e. The van der Waals surface area contributed by atoms with Gasteiger partial charge in [0.05, 0.1) is 33.9 Å². The fourth-order valence-corrected chi connectivity index (χ4v) is 4.46. The van der Waals surface area contributed by atoms with E-state index >= 15 is 0 Å². The summed E-state index contributed by atoms with van der Waals surface area (Å²) in [6, 6.07) is 14.0. The third kappa shape index (κ3) is 4.74. The third-order valence-corrected chi connectivity index (χ3v) is 6.74. The van der Waals surface area contributed by atoms with Crippen molar-refractivity contribution in [1.29, 1.82) is 0 Å². The molecule has 1 fully saturated rings. The van der Waals surface area contributed by atoms with E-state index in [-0.39, 0.29) is 11.8 Å². The number of halogens is 2. The molecule has 0 bridgehead atoms. The molecule has 0 aliphatic carbocycles. The number of hydrogen-bond donors (Lipinski definition) is 0. The van der Waals surface area contributed by atoms with Crippen molar-refractivity contribution < 1.29 is 9.59 Å². The van der Waals surface area contributed by atoms with Gasteiger partial charge in [-0.1, -0.05) is 23.2 Å². The molecule has 36 heavy (non-hydrogen) atoms. The van der Waals surface area contributed by atoms with Gasteiger partial charge in [0.15, 0.2) is 0 Å². The molecule has 0 radical (unpaired) electrons. The predicted octanol–water partition coefficient (Wildman–Crippen LogP) is 4.52. The van der Waals surface area contributed by atoms with Gasteiger partial charge in [-0.25, -0.2) is 0 Å². The minimum atomic E-state index is -0.162. The Hall–Kier alpha value is -3.62. The lowest BCUT2D eigenvalue weighted by molar-refractivity contribution is -0.115. The van der Waals surface area contributed by atoms with Crippen LogP contribution in [0.15, 0.2) is 82.3 Å². The smallest absolute Gasteiger partial charge is 0.282 e. The summed E-state index contributed by atoms with van der Waals surface area (Å²) in [5.74, 6) is -0.324. The average molecular weight is 523 g/mol. The molecule has 1 saturated heterocycles. The van der Waals surface area contributed by atoms with E-state index in [0.717, 1.165) is 0 Å². The highest BCUT2D eigenvalue weighted by molar-refractivity contribution is 6.32. The molecular formula is C26H24Cl2N6O2. The van der Waals surface area contributed by atoms with Gasteiger partial charge in [0.25, 0.3) is 11.8 Å². The number of hydrogen-bond acceptors (Lipinski definition) is 6. The molecule has 8 nitrogen and oxygen atoms in total. The van der Waals surface area contributed by atoms with Crippen LogP contribution in [0.4, 0.5) is 11.4 Å². The van der Waals surface area contributed by atoms with Crippen molar-refractivity contribution in [2.24, 2.45) is 10.2 Å². The molecule has 5 rings (SSSR count). The fraction of sp³-hybridized carbons (Fsp3) is 0.231. The average Bonchev–Trinajstić information content (AvgIpc) is 3.31. The standard InChI is InChI=1S/C26H24Cl2N6O2/c1-17-23(25(35)33(29-17)21-7-3-19(27)4-8-21)15-31-11-13-32(14-12-31)16-24-18(2)30-34(26(24)36)22-9-5-20(28)6-10-22/h3-10,15-16H,11-14H2,1-2H3/b23-15-,24-16+. The number of carbonyl (C=O) groups is 2. The van der Waals surface area contributed by atoms with E-state index < -0.39 is 0 Å². The summed E-state index contributed by atoms with van der Waals surface area (Å²) in [6.45, 7) is 6.50. The molecule has 0 saturated carbocycles. The number of piperazine rings is 1. The van der Waals surface area contributed by atoms with Crippen LogP contribution >= 0.6 is 23.2 Å². The fourth-order valence-electron chi connectivity index (χ4n) is 4.21. The quantitative estimate of drug-likeness (QED) is 0.553. The topological polar surface area (TPSA) is 71.8 Å². The Morgan fingerprint density at radius 3 is 1.31 bits per heavy atom. The molecule has 0 unspecified atom stereocenters. The summed E-state index contributed by atoms with van der Waals surface area (Å²) in [5, 5.41) is 12.9. The van der Waals surface area contributed by atoms with Crippen LogP contribution in [0.1, 0.15) is 13.8 Å². The van der Waals surface area contributed by atoms with Crippen LogP contribution in [0, 0.1) is 0 Å². The number of hydrazone groups is 2. The number of benzene rings is 2. The Labute approximate surface area is 219 Å². The maximum atomic E-state index is 13.0. The minimum absolute atomic E-state index is 0.162. The molecule has 10 heteroatoms. The van der Waals surface area contributed by atoms with Crippen molar-refractivity contribution in [3.63, 3.8) is 0 Å². The SMILES string of the molecule is CC1=NN(c2ccc(Cl)cc2)C(=O)/C1=C\N1CCN(/C=C2/C(=O)N(c3ccc(Cl)cc3)N=C2C)CC1. The Morgan fingerprint density at radius 1 is 0.639 bits per heavy atom. The lowest BCUT2D eigenvalue weighted by Gasteiger charge is -2.34. The minimum Gasteiger partial charge on any atom is -0.373 e. The number of carbonyl (C=O) groups excluding carboxylic acids is 2. The maximum absolute atomic E-state index is 13.0. The molecule has 3 aliphatic rings. The van der Waals surface area contributed by atoms with Crippen molar-refractivity contribution in [2.45, 2.75) is 13.8 Å². The zero-order valence-corrected chi connectivity index (χ0v) is 21.4. The summed E-state index contributed by atoms with van der Waals surface area (Å²) in [7, 11) is 0. The van der Waals surface area contributed by atoms with Crippen LogP contribution in [0.5, 0.6) is 0 Å². The number of rotatable bonds is 4. The van der Waals surface area contributed by atoms with Crippen LogP contribution in [0.25, 0.3) is 0 Å². The van der Waals surface area contributed by atoms with Gasteiger partial charge in [0.2, 0.25) is 0 Å². The zero-order chi connectivity index (χ0) is 25.4. The molecular weight excluding hydrogens is 499 g/mol. The summed E-state index contributed by atoms with van der Waals surface area (Å²) < 4.78 is 0. The molecule has 184 valence electrons. The zero-order valence-electron chi connectivity index (χ0n) is 19.9. The summed E-state index contributed by atoms with van der Waals surface area (Å²) in [5.41, 5.74) is 3.84. The molecule has 2 aromatic carbocycles. The van der Waals surface area contributed by atoms with Crippen molar-refractivity contribution in [1.82, 2.24) is 9.80 Å². The van der Waals surface area contributed by atoms with Gasteiger partial charge in [-0.3, -0.25) is 9.59 Å². The van der Waals surface area contributed by atoms with Crippen molar-refractivity contribution in [3.05, 3.63) is 82.1 Å². The van der Waals surface area contributed by atoms with Crippen LogP contribution in [-0.4, -0.2) is 59.2 Å². The highest BCUT2D eigenvalue weighted by Crippen LogP contribution is 2.27. The molecule has 0 atom stereocenters. The monoisotopic (exact) mass is 522 g/mol. The number of nitrogens with zero attached hydrogens (tertiary/aromatic N) is 6. The lowest BCUT2D eigenvalue weighted by atomic mass is 10.1. The normalized spacial score (nSPS) is 20.7. The second-order valence-electron chi connectivity index (χ2n) is 8.72. The van der Waals surface area contributed by atoms with Crippen LogP contribution < -0.4 is 10.0 Å². The van der Waals surface area contributed by atoms with Crippen LogP contribution in [0.3, 0.4) is 0 Å². The van der Waals surface area contributed by atoms with Gasteiger partial charge in [-0.05, 0) is 62.4 Å². The van der Waals surface area contributed by atoms with E-state index in [9.17, 15) is 9.59 Å². The van der Waals surface area contributed by atoms with Gasteiger partial charge in [0, 0.05) is 48.6 Å². The van der Waals surface area contributed by atoms with E-state index in [4.69, 9.17) is 23.2 Å². The van der Waals surface area contributed by atoms with Crippen molar-refractivity contribution >= 4 is 57.8 Å². The molecule has 0 aromatic heterocycles.